The minimum atomic E-state index is -0.989. The molecule has 3 heterocycles. The van der Waals surface area contributed by atoms with E-state index in [9.17, 15) is 5.11 Å². The Hall–Kier alpha value is -2.86. The van der Waals surface area contributed by atoms with Crippen molar-refractivity contribution in [1.29, 1.82) is 0 Å². The van der Waals surface area contributed by atoms with Crippen LogP contribution in [-0.2, 0) is 5.60 Å². The molecule has 0 saturated heterocycles. The second-order valence-electron chi connectivity index (χ2n) is 8.75. The Bertz CT molecular complexity index is 1060. The first-order valence-electron chi connectivity index (χ1n) is 10.3. The van der Waals surface area contributed by atoms with Crippen LogP contribution in [0.25, 0.3) is 11.1 Å². The predicted molar refractivity (Wildman–Crippen MR) is 115 cm³/mol. The second kappa shape index (κ2) is 7.76. The molecule has 1 unspecified atom stereocenters. The zero-order valence-corrected chi connectivity index (χ0v) is 18.2. The molecule has 2 atom stereocenters. The van der Waals surface area contributed by atoms with Crippen LogP contribution in [0.15, 0.2) is 36.8 Å². The van der Waals surface area contributed by atoms with Crippen LogP contribution < -0.4 is 4.74 Å². The zero-order chi connectivity index (χ0) is 21.5. The third kappa shape index (κ3) is 4.33. The molecular weight excluding hydrogens is 376 g/mol. The fourth-order valence-corrected chi connectivity index (χ4v) is 3.60. The summed E-state index contributed by atoms with van der Waals surface area (Å²) in [5.74, 6) is 2.14. The van der Waals surface area contributed by atoms with Gasteiger partial charge in [0.2, 0.25) is 5.88 Å². The van der Waals surface area contributed by atoms with E-state index in [1.165, 1.54) is 5.56 Å². The number of rotatable bonds is 6. The lowest BCUT2D eigenvalue weighted by molar-refractivity contribution is 0.0738. The summed E-state index contributed by atoms with van der Waals surface area (Å²) in [4.78, 5) is 17.9. The largest absolute Gasteiger partial charge is 0.477 e. The van der Waals surface area contributed by atoms with Gasteiger partial charge in [-0.25, -0.2) is 4.98 Å². The summed E-state index contributed by atoms with van der Waals surface area (Å²) in [5.41, 5.74) is 4.67. The number of pyridine rings is 2. The summed E-state index contributed by atoms with van der Waals surface area (Å²) in [6, 6.07) is 6.12. The molecule has 6 heteroatoms. The van der Waals surface area contributed by atoms with E-state index in [0.717, 1.165) is 28.8 Å². The van der Waals surface area contributed by atoms with Gasteiger partial charge in [0.15, 0.2) is 0 Å². The first-order chi connectivity index (χ1) is 14.2. The molecule has 30 heavy (non-hydrogen) atoms. The quantitative estimate of drug-likeness (QED) is 0.661. The highest BCUT2D eigenvalue weighted by Gasteiger charge is 2.40. The van der Waals surface area contributed by atoms with Crippen LogP contribution in [0.4, 0.5) is 0 Å². The maximum atomic E-state index is 10.2. The van der Waals surface area contributed by atoms with Gasteiger partial charge in [0.1, 0.15) is 11.4 Å². The lowest BCUT2D eigenvalue weighted by Crippen LogP contribution is -2.17. The SMILES string of the molecule is Cc1ccc(C2C[C@@H]2COc2nc(C)ncc2-c2cnc(C(C)(C)O)cc2C)nc1. The number of nitrogens with zero attached hydrogens (tertiary/aromatic N) is 4. The lowest BCUT2D eigenvalue weighted by atomic mass is 9.99. The van der Waals surface area contributed by atoms with Gasteiger partial charge in [-0.15, -0.1) is 0 Å². The monoisotopic (exact) mass is 404 g/mol. The highest BCUT2D eigenvalue weighted by atomic mass is 16.5. The lowest BCUT2D eigenvalue weighted by Gasteiger charge is -2.18. The van der Waals surface area contributed by atoms with Gasteiger partial charge < -0.3 is 9.84 Å². The van der Waals surface area contributed by atoms with Gasteiger partial charge in [0.25, 0.3) is 0 Å². The van der Waals surface area contributed by atoms with E-state index in [1.54, 1.807) is 26.2 Å². The fourth-order valence-electron chi connectivity index (χ4n) is 3.60. The number of aryl methyl sites for hydroxylation is 3. The van der Waals surface area contributed by atoms with Crippen molar-refractivity contribution in [2.24, 2.45) is 5.92 Å². The van der Waals surface area contributed by atoms with Crippen molar-refractivity contribution in [2.75, 3.05) is 6.61 Å². The Kier molecular flexibility index (Phi) is 5.28. The molecule has 6 nitrogen and oxygen atoms in total. The standard InChI is InChI=1S/C24H28N4O2/c1-14-6-7-21(26-10-14)18-9-17(18)13-30-23-20(12-25-16(3)28-23)19-11-27-22(8-15(19)2)24(4,5)29/h6-8,10-12,17-18,29H,9,13H2,1-5H3/t17-,18?/m1/s1. The third-order valence-corrected chi connectivity index (χ3v) is 5.57. The summed E-state index contributed by atoms with van der Waals surface area (Å²) >= 11 is 0. The molecule has 0 spiro atoms. The van der Waals surface area contributed by atoms with Gasteiger partial charge in [0.05, 0.1) is 17.9 Å². The molecule has 1 aliphatic rings. The van der Waals surface area contributed by atoms with Crippen LogP contribution in [0.3, 0.4) is 0 Å². The van der Waals surface area contributed by atoms with Crippen molar-refractivity contribution in [3.63, 3.8) is 0 Å². The molecule has 4 rings (SSSR count). The van der Waals surface area contributed by atoms with Crippen LogP contribution >= 0.6 is 0 Å². The minimum Gasteiger partial charge on any atom is -0.477 e. The van der Waals surface area contributed by atoms with Crippen LogP contribution in [0.2, 0.25) is 0 Å². The van der Waals surface area contributed by atoms with Crippen molar-refractivity contribution in [3.05, 3.63) is 65.1 Å². The fraction of sp³-hybridized carbons (Fsp3) is 0.417. The highest BCUT2D eigenvalue weighted by molar-refractivity contribution is 5.70. The van der Waals surface area contributed by atoms with E-state index in [1.807, 2.05) is 33.0 Å². The average Bonchev–Trinajstić information content (AvgIpc) is 3.46. The Morgan fingerprint density at radius 2 is 1.80 bits per heavy atom. The summed E-state index contributed by atoms with van der Waals surface area (Å²) in [6.07, 6.45) is 6.55. The first-order valence-corrected chi connectivity index (χ1v) is 10.3. The van der Waals surface area contributed by atoms with E-state index in [4.69, 9.17) is 4.74 Å². The summed E-state index contributed by atoms with van der Waals surface area (Å²) in [6.45, 7) is 9.96. The van der Waals surface area contributed by atoms with Gasteiger partial charge >= 0.3 is 0 Å². The normalized spacial score (nSPS) is 18.3. The third-order valence-electron chi connectivity index (χ3n) is 5.57. The molecule has 3 aromatic heterocycles. The topological polar surface area (TPSA) is 81.0 Å². The maximum absolute atomic E-state index is 10.2. The minimum absolute atomic E-state index is 0.445. The number of aromatic nitrogens is 4. The maximum Gasteiger partial charge on any atom is 0.224 e. The number of ether oxygens (including phenoxy) is 1. The summed E-state index contributed by atoms with van der Waals surface area (Å²) < 4.78 is 6.17. The molecule has 1 N–H and O–H groups in total. The second-order valence-corrected chi connectivity index (χ2v) is 8.75. The van der Waals surface area contributed by atoms with Crippen LogP contribution in [0.5, 0.6) is 5.88 Å². The van der Waals surface area contributed by atoms with Crippen LogP contribution in [-0.4, -0.2) is 31.6 Å². The molecule has 0 radical (unpaired) electrons. The zero-order valence-electron chi connectivity index (χ0n) is 18.2. The van der Waals surface area contributed by atoms with E-state index < -0.39 is 5.60 Å². The molecule has 1 saturated carbocycles. The predicted octanol–water partition coefficient (Wildman–Crippen LogP) is 4.27. The first kappa shape index (κ1) is 20.4. The summed E-state index contributed by atoms with van der Waals surface area (Å²) in [5, 5.41) is 10.2. The molecule has 0 amide bonds. The average molecular weight is 405 g/mol. The molecule has 0 bridgehead atoms. The van der Waals surface area contributed by atoms with Crippen molar-refractivity contribution in [3.8, 4) is 17.0 Å². The number of aliphatic hydroxyl groups is 1. The Morgan fingerprint density at radius 1 is 1.03 bits per heavy atom. The molecular formula is C24H28N4O2. The molecule has 0 aromatic carbocycles. The van der Waals surface area contributed by atoms with Gasteiger partial charge in [-0.05, 0) is 64.3 Å². The summed E-state index contributed by atoms with van der Waals surface area (Å²) in [7, 11) is 0. The number of hydrogen-bond donors (Lipinski definition) is 1. The molecule has 1 fully saturated rings. The van der Waals surface area contributed by atoms with Gasteiger partial charge in [-0.3, -0.25) is 9.97 Å². The van der Waals surface area contributed by atoms with E-state index in [-0.39, 0.29) is 0 Å². The van der Waals surface area contributed by atoms with E-state index in [0.29, 0.717) is 35.8 Å². The number of hydrogen-bond acceptors (Lipinski definition) is 6. The van der Waals surface area contributed by atoms with Gasteiger partial charge in [0, 0.05) is 41.7 Å². The van der Waals surface area contributed by atoms with Crippen molar-refractivity contribution >= 4 is 0 Å². The van der Waals surface area contributed by atoms with E-state index in [2.05, 4.69) is 32.1 Å². The van der Waals surface area contributed by atoms with Crippen molar-refractivity contribution < 1.29 is 9.84 Å². The smallest absolute Gasteiger partial charge is 0.224 e. The molecule has 1 aliphatic carbocycles. The molecule has 3 aromatic rings. The molecule has 0 aliphatic heterocycles. The Balaban J connectivity index is 1.53. The van der Waals surface area contributed by atoms with Crippen LogP contribution in [0.1, 0.15) is 54.5 Å². The molecule has 156 valence electrons. The van der Waals surface area contributed by atoms with Crippen molar-refractivity contribution in [2.45, 2.75) is 52.6 Å². The van der Waals surface area contributed by atoms with Crippen molar-refractivity contribution in [1.82, 2.24) is 19.9 Å². The highest BCUT2D eigenvalue weighted by Crippen LogP contribution is 2.47. The Labute approximate surface area is 177 Å². The van der Waals surface area contributed by atoms with Gasteiger partial charge in [-0.2, -0.15) is 4.98 Å². The Morgan fingerprint density at radius 3 is 2.47 bits per heavy atom. The van der Waals surface area contributed by atoms with Gasteiger partial charge in [-0.1, -0.05) is 6.07 Å². The van der Waals surface area contributed by atoms with Crippen LogP contribution in [0, 0.1) is 26.7 Å². The van der Waals surface area contributed by atoms with E-state index >= 15 is 0 Å².